The first-order valence-corrected chi connectivity index (χ1v) is 20.6. The monoisotopic (exact) mass is 784 g/mol. The van der Waals surface area contributed by atoms with Gasteiger partial charge in [-0.05, 0) is 70.2 Å². The molecule has 1 aliphatic rings. The van der Waals surface area contributed by atoms with Gasteiger partial charge in [0.2, 0.25) is 0 Å². The van der Waals surface area contributed by atoms with Crippen LogP contribution in [0.2, 0.25) is 0 Å². The average molecular weight is 785 g/mol. The topological polar surface area (TPSA) is 60.8 Å². The molecule has 2 heterocycles. The predicted molar refractivity (Wildman–Crippen MR) is 248 cm³/mol. The van der Waals surface area contributed by atoms with Gasteiger partial charge in [-0.15, -0.1) is 0 Å². The third-order valence-corrected chi connectivity index (χ3v) is 10.9. The van der Waals surface area contributed by atoms with Crippen molar-refractivity contribution < 1.29 is 4.74 Å². The van der Waals surface area contributed by atoms with Gasteiger partial charge in [-0.25, -0.2) is 19.9 Å². The lowest BCUT2D eigenvalue weighted by molar-refractivity contribution is 0.404. The molecule has 290 valence electrons. The normalized spacial score (nSPS) is 12.3. The van der Waals surface area contributed by atoms with Crippen LogP contribution in [0.25, 0.3) is 84.5 Å². The smallest absolute Gasteiger partial charge is 0.164 e. The first-order valence-electron chi connectivity index (χ1n) is 20.6. The first-order chi connectivity index (χ1) is 30.2. The van der Waals surface area contributed by atoms with Gasteiger partial charge in [0, 0.05) is 34.2 Å². The molecule has 10 rings (SSSR count). The minimum absolute atomic E-state index is 0.637. The van der Waals surface area contributed by atoms with E-state index in [1.54, 1.807) is 0 Å². The Kier molecular flexibility index (Phi) is 10.4. The molecule has 9 aromatic rings. The quantitative estimate of drug-likeness (QED) is 0.138. The Morgan fingerprint density at radius 3 is 1.16 bits per heavy atom. The van der Waals surface area contributed by atoms with E-state index in [1.165, 1.54) is 16.7 Å². The summed E-state index contributed by atoms with van der Waals surface area (Å²) in [4.78, 5) is 19.7. The lowest BCUT2D eigenvalue weighted by atomic mass is 9.94. The van der Waals surface area contributed by atoms with Crippen LogP contribution in [0, 0.1) is 0 Å². The van der Waals surface area contributed by atoms with Gasteiger partial charge in [0.15, 0.2) is 17.5 Å². The summed E-state index contributed by atoms with van der Waals surface area (Å²) in [5.74, 6) is 3.71. The molecule has 2 aromatic heterocycles. The number of pyridine rings is 1. The van der Waals surface area contributed by atoms with Gasteiger partial charge in [0.05, 0.1) is 11.4 Å². The molecule has 5 nitrogen and oxygen atoms in total. The molecule has 61 heavy (non-hydrogen) atoms. The molecule has 0 unspecified atom stereocenters. The molecule has 0 spiro atoms. The zero-order valence-corrected chi connectivity index (χ0v) is 33.4. The molecule has 0 saturated carbocycles. The van der Waals surface area contributed by atoms with Gasteiger partial charge in [0.1, 0.15) is 11.5 Å². The van der Waals surface area contributed by atoms with Gasteiger partial charge >= 0.3 is 0 Å². The number of aromatic nitrogens is 4. The summed E-state index contributed by atoms with van der Waals surface area (Å²) in [6.07, 6.45) is 6.01. The van der Waals surface area contributed by atoms with Crippen molar-refractivity contribution in [2.45, 2.75) is 12.8 Å². The van der Waals surface area contributed by atoms with Crippen molar-refractivity contribution in [1.82, 2.24) is 19.9 Å². The van der Waals surface area contributed by atoms with Crippen molar-refractivity contribution in [3.63, 3.8) is 0 Å². The summed E-state index contributed by atoms with van der Waals surface area (Å²) >= 11 is 0. The molecular weight excluding hydrogens is 745 g/mol. The lowest BCUT2D eigenvalue weighted by Crippen LogP contribution is -2.00. The van der Waals surface area contributed by atoms with Gasteiger partial charge < -0.3 is 4.74 Å². The molecule has 7 aromatic carbocycles. The van der Waals surface area contributed by atoms with Crippen molar-refractivity contribution >= 4 is 5.57 Å². The van der Waals surface area contributed by atoms with E-state index >= 15 is 0 Å². The van der Waals surface area contributed by atoms with Crippen LogP contribution in [-0.4, -0.2) is 19.9 Å². The Morgan fingerprint density at radius 2 is 0.672 bits per heavy atom. The van der Waals surface area contributed by atoms with Crippen molar-refractivity contribution in [3.8, 4) is 84.7 Å². The van der Waals surface area contributed by atoms with Gasteiger partial charge in [-0.2, -0.15) is 0 Å². The Balaban J connectivity index is 0.824. The van der Waals surface area contributed by atoms with Crippen molar-refractivity contribution in [2.75, 3.05) is 0 Å². The molecule has 0 amide bonds. The second-order valence-electron chi connectivity index (χ2n) is 15.0. The summed E-state index contributed by atoms with van der Waals surface area (Å²) in [6.45, 7) is 0. The number of benzene rings is 7. The maximum atomic E-state index is 6.36. The Morgan fingerprint density at radius 1 is 0.295 bits per heavy atom. The molecule has 0 fully saturated rings. The van der Waals surface area contributed by atoms with Crippen LogP contribution in [0.1, 0.15) is 18.4 Å². The van der Waals surface area contributed by atoms with E-state index in [2.05, 4.69) is 140 Å². The van der Waals surface area contributed by atoms with Crippen LogP contribution in [-0.2, 0) is 0 Å². The van der Waals surface area contributed by atoms with E-state index in [-0.39, 0.29) is 0 Å². The number of allylic oxidation sites excluding steroid dienone is 4. The number of hydrogen-bond donors (Lipinski definition) is 0. The summed E-state index contributed by atoms with van der Waals surface area (Å²) in [7, 11) is 0. The largest absolute Gasteiger partial charge is 0.462 e. The fraction of sp³-hybridized carbons (Fsp3) is 0.0357. The molecule has 0 bridgehead atoms. The molecule has 0 aliphatic heterocycles. The highest BCUT2D eigenvalue weighted by Gasteiger charge is 2.15. The standard InChI is InChI=1S/C56H40N4O/c1-5-13-39(14-6-1)49-37-52(44-15-7-2-8-16-44)57-53(38-49)45-25-21-40(22-26-45)42-29-33-50(34-30-42)61-51-35-31-43(32-36-51)41-23-27-48(28-24-41)56-59-54(46-17-9-3-10-18-46)58-55(60-56)47-19-11-4-12-20-47/h1-29,31-33,35-38H,30,34H2. The summed E-state index contributed by atoms with van der Waals surface area (Å²) in [5.41, 5.74) is 14.0. The zero-order valence-electron chi connectivity index (χ0n) is 33.4. The zero-order chi connectivity index (χ0) is 40.8. The maximum absolute atomic E-state index is 6.36. The summed E-state index contributed by atoms with van der Waals surface area (Å²) < 4.78 is 6.36. The highest BCUT2D eigenvalue weighted by Crippen LogP contribution is 2.34. The second-order valence-corrected chi connectivity index (χ2v) is 15.0. The molecule has 5 heteroatoms. The van der Waals surface area contributed by atoms with Crippen LogP contribution in [0.5, 0.6) is 5.75 Å². The van der Waals surface area contributed by atoms with Crippen molar-refractivity contribution in [3.05, 3.63) is 230 Å². The molecule has 0 radical (unpaired) electrons. The van der Waals surface area contributed by atoms with Crippen LogP contribution in [0.4, 0.5) is 0 Å². The van der Waals surface area contributed by atoms with E-state index in [0.717, 1.165) is 80.2 Å². The van der Waals surface area contributed by atoms with E-state index in [9.17, 15) is 0 Å². The Hall–Kier alpha value is -8.02. The van der Waals surface area contributed by atoms with Gasteiger partial charge in [0.25, 0.3) is 0 Å². The number of nitrogens with zero attached hydrogens (tertiary/aromatic N) is 4. The fourth-order valence-electron chi connectivity index (χ4n) is 7.65. The van der Waals surface area contributed by atoms with E-state index < -0.39 is 0 Å². The molecular formula is C56H40N4O. The number of rotatable bonds is 10. The molecule has 1 aliphatic carbocycles. The minimum Gasteiger partial charge on any atom is -0.462 e. The SMILES string of the molecule is C1=C(Oc2ccc(-c3ccc(-c4nc(-c5ccccc5)nc(-c5ccccc5)n4)cc3)cc2)CCC(c2ccc(-c3cc(-c4ccccc4)cc(-c4ccccc4)n3)cc2)=C1. The Bertz CT molecular complexity index is 2870. The van der Waals surface area contributed by atoms with Crippen molar-refractivity contribution in [2.24, 2.45) is 0 Å². The Labute approximate surface area is 356 Å². The molecule has 0 atom stereocenters. The highest BCUT2D eigenvalue weighted by atomic mass is 16.5. The lowest BCUT2D eigenvalue weighted by Gasteiger charge is -2.17. The third-order valence-electron chi connectivity index (χ3n) is 10.9. The summed E-state index contributed by atoms with van der Waals surface area (Å²) in [5, 5.41) is 0. The van der Waals surface area contributed by atoms with E-state index in [4.69, 9.17) is 24.7 Å². The van der Waals surface area contributed by atoms with Crippen LogP contribution in [0.3, 0.4) is 0 Å². The predicted octanol–water partition coefficient (Wildman–Crippen LogP) is 14.1. The van der Waals surface area contributed by atoms with E-state index in [0.29, 0.717) is 17.5 Å². The highest BCUT2D eigenvalue weighted by molar-refractivity contribution is 5.78. The van der Waals surface area contributed by atoms with Crippen molar-refractivity contribution in [1.29, 1.82) is 0 Å². The summed E-state index contributed by atoms with van der Waals surface area (Å²) in [6, 6.07) is 70.8. The molecule has 0 N–H and O–H groups in total. The minimum atomic E-state index is 0.637. The van der Waals surface area contributed by atoms with Crippen LogP contribution >= 0.6 is 0 Å². The van der Waals surface area contributed by atoms with Crippen LogP contribution < -0.4 is 4.74 Å². The fourth-order valence-corrected chi connectivity index (χ4v) is 7.65. The maximum Gasteiger partial charge on any atom is 0.164 e. The number of hydrogen-bond acceptors (Lipinski definition) is 5. The number of ether oxygens (including phenoxy) is 1. The third kappa shape index (κ3) is 8.45. The van der Waals surface area contributed by atoms with Gasteiger partial charge in [-0.3, -0.25) is 0 Å². The van der Waals surface area contributed by atoms with Gasteiger partial charge in [-0.1, -0.05) is 188 Å². The van der Waals surface area contributed by atoms with Crippen LogP contribution in [0.15, 0.2) is 224 Å². The molecule has 0 saturated heterocycles. The van der Waals surface area contributed by atoms with E-state index in [1.807, 2.05) is 78.9 Å². The first kappa shape index (κ1) is 37.3. The second kappa shape index (κ2) is 17.1. The average Bonchev–Trinajstić information content (AvgIpc) is 3.35.